The minimum absolute atomic E-state index is 0.206. The van der Waals surface area contributed by atoms with Crippen LogP contribution in [0.2, 0.25) is 0 Å². The largest absolute Gasteiger partial charge is 0.362 e. The topological polar surface area (TPSA) is 48.8 Å². The first kappa shape index (κ1) is 17.9. The van der Waals surface area contributed by atoms with Crippen molar-refractivity contribution in [3.8, 4) is 0 Å². The van der Waals surface area contributed by atoms with Crippen LogP contribution in [0.4, 0.5) is 0 Å². The lowest BCUT2D eigenvalue weighted by molar-refractivity contribution is 0.380. The first-order chi connectivity index (χ1) is 10.8. The van der Waals surface area contributed by atoms with Gasteiger partial charge in [0.25, 0.3) is 0 Å². The van der Waals surface area contributed by atoms with Gasteiger partial charge in [-0.3, -0.25) is 0 Å². The van der Waals surface area contributed by atoms with E-state index in [0.29, 0.717) is 5.11 Å². The maximum Gasteiger partial charge on any atom is 0.168 e. The molecule has 1 aliphatic carbocycles. The van der Waals surface area contributed by atoms with Crippen LogP contribution in [0.5, 0.6) is 0 Å². The standard InChI is InChI=1S/C18H28N4S/c1-17(2,3)21-22-18(4,12-14-8-6-5-7-9-14)20-16(23)19-13-15-10-11-15/h5-9,15H,10-13H2,1-4H3,(H2,19,20,23). The Morgan fingerprint density at radius 2 is 1.78 bits per heavy atom. The average molecular weight is 333 g/mol. The number of hydrogen-bond acceptors (Lipinski definition) is 3. The van der Waals surface area contributed by atoms with Gasteiger partial charge in [-0.2, -0.15) is 10.2 Å². The SMILES string of the molecule is CC(C)(C)N=NC(C)(Cc1ccccc1)NC(=S)NCC1CC1. The fourth-order valence-corrected chi connectivity index (χ4v) is 2.51. The summed E-state index contributed by atoms with van der Waals surface area (Å²) in [4.78, 5) is 0. The van der Waals surface area contributed by atoms with Crippen molar-refractivity contribution in [2.24, 2.45) is 16.1 Å². The molecule has 0 radical (unpaired) electrons. The number of azo groups is 1. The molecule has 1 aromatic rings. The van der Waals surface area contributed by atoms with Crippen LogP contribution in [-0.2, 0) is 6.42 Å². The van der Waals surface area contributed by atoms with Crippen molar-refractivity contribution in [1.82, 2.24) is 10.6 Å². The Morgan fingerprint density at radius 3 is 2.35 bits per heavy atom. The van der Waals surface area contributed by atoms with Crippen LogP contribution in [0, 0.1) is 5.92 Å². The molecule has 0 aliphatic heterocycles. The Kier molecular flexibility index (Phi) is 5.74. The van der Waals surface area contributed by atoms with Crippen molar-refractivity contribution in [2.45, 2.75) is 58.2 Å². The molecule has 1 unspecified atom stereocenters. The van der Waals surface area contributed by atoms with Crippen molar-refractivity contribution >= 4 is 17.3 Å². The Hall–Kier alpha value is -1.49. The summed E-state index contributed by atoms with van der Waals surface area (Å²) in [6.07, 6.45) is 3.35. The summed E-state index contributed by atoms with van der Waals surface area (Å²) < 4.78 is 0. The van der Waals surface area contributed by atoms with Crippen LogP contribution >= 0.6 is 12.2 Å². The molecule has 0 amide bonds. The smallest absolute Gasteiger partial charge is 0.168 e. The van der Waals surface area contributed by atoms with E-state index in [1.807, 2.05) is 45.9 Å². The lowest BCUT2D eigenvalue weighted by atomic mass is 10.0. The zero-order valence-corrected chi connectivity index (χ0v) is 15.4. The number of rotatable bonds is 6. The molecule has 0 spiro atoms. The zero-order chi connectivity index (χ0) is 16.9. The Bertz CT molecular complexity index is 546. The molecule has 1 saturated carbocycles. The highest BCUT2D eigenvalue weighted by Crippen LogP contribution is 2.27. The van der Waals surface area contributed by atoms with Gasteiger partial charge in [-0.05, 0) is 64.2 Å². The highest BCUT2D eigenvalue weighted by atomic mass is 32.1. The zero-order valence-electron chi connectivity index (χ0n) is 14.6. The van der Waals surface area contributed by atoms with E-state index in [2.05, 4.69) is 33.0 Å². The van der Waals surface area contributed by atoms with Crippen molar-refractivity contribution < 1.29 is 0 Å². The predicted octanol–water partition coefficient (Wildman–Crippen LogP) is 4.07. The van der Waals surface area contributed by atoms with E-state index in [9.17, 15) is 0 Å². The first-order valence-electron chi connectivity index (χ1n) is 8.30. The van der Waals surface area contributed by atoms with Gasteiger partial charge < -0.3 is 10.6 Å². The third kappa shape index (κ3) is 7.08. The maximum atomic E-state index is 5.45. The monoisotopic (exact) mass is 332 g/mol. The summed E-state index contributed by atoms with van der Waals surface area (Å²) in [5.74, 6) is 0.784. The lowest BCUT2D eigenvalue weighted by Gasteiger charge is -2.28. The number of nitrogens with one attached hydrogen (secondary N) is 2. The highest BCUT2D eigenvalue weighted by molar-refractivity contribution is 7.80. The summed E-state index contributed by atoms with van der Waals surface area (Å²) in [5.41, 5.74) is 0.450. The first-order valence-corrected chi connectivity index (χ1v) is 8.71. The predicted molar refractivity (Wildman–Crippen MR) is 99.6 cm³/mol. The molecule has 2 N–H and O–H groups in total. The van der Waals surface area contributed by atoms with Crippen LogP contribution in [0.25, 0.3) is 0 Å². The maximum absolute atomic E-state index is 5.45. The molecule has 0 heterocycles. The molecule has 2 rings (SSSR count). The Balaban J connectivity index is 2.05. The fraction of sp³-hybridized carbons (Fsp3) is 0.611. The van der Waals surface area contributed by atoms with Gasteiger partial charge in [-0.15, -0.1) is 0 Å². The van der Waals surface area contributed by atoms with Crippen molar-refractivity contribution in [1.29, 1.82) is 0 Å². The van der Waals surface area contributed by atoms with Gasteiger partial charge in [-0.25, -0.2) is 0 Å². The van der Waals surface area contributed by atoms with Crippen LogP contribution in [-0.4, -0.2) is 22.9 Å². The second-order valence-electron chi connectivity index (χ2n) is 7.59. The molecule has 5 heteroatoms. The summed E-state index contributed by atoms with van der Waals surface area (Å²) in [6, 6.07) is 10.3. The van der Waals surface area contributed by atoms with Gasteiger partial charge in [0.2, 0.25) is 0 Å². The van der Waals surface area contributed by atoms with Gasteiger partial charge >= 0.3 is 0 Å². The summed E-state index contributed by atoms with van der Waals surface area (Å²) in [6.45, 7) is 9.12. The number of nitrogens with zero attached hydrogens (tertiary/aromatic N) is 2. The molecular formula is C18H28N4S. The molecule has 126 valence electrons. The van der Waals surface area contributed by atoms with E-state index < -0.39 is 5.66 Å². The number of thiocarbonyl (C=S) groups is 1. The fourth-order valence-electron chi connectivity index (χ4n) is 2.21. The molecule has 0 bridgehead atoms. The van der Waals surface area contributed by atoms with Crippen molar-refractivity contribution in [3.05, 3.63) is 35.9 Å². The highest BCUT2D eigenvalue weighted by Gasteiger charge is 2.27. The van der Waals surface area contributed by atoms with E-state index in [0.717, 1.165) is 18.9 Å². The Morgan fingerprint density at radius 1 is 1.13 bits per heavy atom. The molecule has 4 nitrogen and oxygen atoms in total. The number of benzene rings is 1. The van der Waals surface area contributed by atoms with E-state index in [1.54, 1.807) is 0 Å². The minimum Gasteiger partial charge on any atom is -0.362 e. The second kappa shape index (κ2) is 7.39. The summed E-state index contributed by atoms with van der Waals surface area (Å²) >= 11 is 5.45. The van der Waals surface area contributed by atoms with Crippen LogP contribution < -0.4 is 10.6 Å². The lowest BCUT2D eigenvalue weighted by Crippen LogP contribution is -2.50. The number of hydrogen-bond donors (Lipinski definition) is 2. The molecule has 1 atom stereocenters. The average Bonchev–Trinajstić information content (AvgIpc) is 3.28. The van der Waals surface area contributed by atoms with Crippen molar-refractivity contribution in [2.75, 3.05) is 6.54 Å². The minimum atomic E-state index is -0.553. The van der Waals surface area contributed by atoms with Gasteiger partial charge in [0.15, 0.2) is 10.8 Å². The van der Waals surface area contributed by atoms with Gasteiger partial charge in [-0.1, -0.05) is 30.3 Å². The summed E-state index contributed by atoms with van der Waals surface area (Å²) in [5, 5.41) is 16.4. The molecule has 23 heavy (non-hydrogen) atoms. The van der Waals surface area contributed by atoms with E-state index in [4.69, 9.17) is 12.2 Å². The van der Waals surface area contributed by atoms with E-state index in [1.165, 1.54) is 18.4 Å². The molecule has 1 fully saturated rings. The third-order valence-electron chi connectivity index (χ3n) is 3.59. The van der Waals surface area contributed by atoms with Crippen LogP contribution in [0.1, 0.15) is 46.1 Å². The molecule has 0 saturated heterocycles. The second-order valence-corrected chi connectivity index (χ2v) is 7.99. The van der Waals surface area contributed by atoms with Crippen LogP contribution in [0.15, 0.2) is 40.6 Å². The van der Waals surface area contributed by atoms with Gasteiger partial charge in [0.05, 0.1) is 5.54 Å². The normalized spacial score (nSPS) is 17.7. The molecule has 0 aromatic heterocycles. The molecular weight excluding hydrogens is 304 g/mol. The van der Waals surface area contributed by atoms with Gasteiger partial charge in [0.1, 0.15) is 0 Å². The van der Waals surface area contributed by atoms with Crippen molar-refractivity contribution in [3.63, 3.8) is 0 Å². The third-order valence-corrected chi connectivity index (χ3v) is 3.84. The quantitative estimate of drug-likeness (QED) is 0.610. The summed E-state index contributed by atoms with van der Waals surface area (Å²) in [7, 11) is 0. The van der Waals surface area contributed by atoms with E-state index in [-0.39, 0.29) is 5.54 Å². The molecule has 1 aromatic carbocycles. The van der Waals surface area contributed by atoms with Gasteiger partial charge in [0, 0.05) is 13.0 Å². The van der Waals surface area contributed by atoms with Crippen LogP contribution in [0.3, 0.4) is 0 Å². The van der Waals surface area contributed by atoms with E-state index >= 15 is 0 Å². The molecule has 1 aliphatic rings. The Labute approximate surface area is 145 Å².